The largest absolute Gasteiger partial charge is 0.237 e. The maximum atomic E-state index is 2.33. The molecule has 0 N–H and O–H groups in total. The zero-order chi connectivity index (χ0) is 14.6. The van der Waals surface area contributed by atoms with Crippen molar-refractivity contribution in [2.24, 2.45) is 23.7 Å². The summed E-state index contributed by atoms with van der Waals surface area (Å²) < 4.78 is 0. The normalized spacial score (nSPS) is 10.9. The molecule has 0 radical (unpaired) electrons. The van der Waals surface area contributed by atoms with Gasteiger partial charge >= 0.3 is 0 Å². The maximum Gasteiger partial charge on any atom is 0.237 e. The Labute approximate surface area is 132 Å². The highest BCUT2D eigenvalue weighted by atomic mass is 27.1. The zero-order valence-corrected chi connectivity index (χ0v) is 17.4. The van der Waals surface area contributed by atoms with Crippen LogP contribution in [0.4, 0.5) is 0 Å². The first-order valence-corrected chi connectivity index (χ1v) is 12.3. The monoisotopic (exact) mass is 286 g/mol. The minimum Gasteiger partial charge on any atom is -0.0950 e. The molecule has 0 fully saturated rings. The fourth-order valence-electron chi connectivity index (χ4n) is 1.87. The van der Waals surface area contributed by atoms with Gasteiger partial charge in [-0.1, -0.05) is 100 Å². The van der Waals surface area contributed by atoms with E-state index in [0.29, 0.717) is 30.4 Å². The van der Waals surface area contributed by atoms with Crippen molar-refractivity contribution in [2.45, 2.75) is 76.5 Å². The van der Waals surface area contributed by atoms with Gasteiger partial charge in [-0.2, -0.15) is 0 Å². The van der Waals surface area contributed by atoms with E-state index in [0.717, 1.165) is 23.7 Å². The van der Waals surface area contributed by atoms with E-state index in [1.54, 1.807) is 0 Å². The van der Waals surface area contributed by atoms with Gasteiger partial charge in [0.2, 0.25) is 30.4 Å². The highest BCUT2D eigenvalue weighted by Gasteiger charge is 2.00. The van der Waals surface area contributed by atoms with Gasteiger partial charge in [0.1, 0.15) is 0 Å². The van der Waals surface area contributed by atoms with Gasteiger partial charge in [-0.15, -0.1) is 0 Å². The minimum atomic E-state index is 0. The third kappa shape index (κ3) is 25.8. The Kier molecular flexibility index (Phi) is 17.2. The van der Waals surface area contributed by atoms with Crippen LogP contribution in [-0.4, -0.2) is 30.4 Å². The zero-order valence-electron chi connectivity index (χ0n) is 14.6. The summed E-state index contributed by atoms with van der Waals surface area (Å²) in [6.45, 7) is 18.6. The second kappa shape index (κ2) is 14.5. The van der Waals surface area contributed by atoms with Crippen molar-refractivity contribution in [1.82, 2.24) is 0 Å². The van der Waals surface area contributed by atoms with Gasteiger partial charge in [-0.25, -0.2) is 0 Å². The average Bonchev–Trinajstić information content (AvgIpc) is 2.15. The molecule has 0 aromatic rings. The molecule has 0 heterocycles. The topological polar surface area (TPSA) is 0 Å². The SMILES string of the molecule is CC(C)[CH2][AlH][CH2]C(C)C.CC(C)[CH2][AlH][CH2]C(C)C.[HH]. The summed E-state index contributed by atoms with van der Waals surface area (Å²) in [7, 11) is 0. The Bertz CT molecular complexity index is 123. The van der Waals surface area contributed by atoms with E-state index in [-0.39, 0.29) is 1.43 Å². The number of hydrogen-bond acceptors (Lipinski definition) is 0. The van der Waals surface area contributed by atoms with Crippen LogP contribution in [0.1, 0.15) is 56.8 Å². The molecule has 18 heavy (non-hydrogen) atoms. The van der Waals surface area contributed by atoms with Gasteiger partial charge in [0, 0.05) is 1.43 Å². The molecule has 0 aromatic carbocycles. The van der Waals surface area contributed by atoms with Crippen molar-refractivity contribution < 1.29 is 1.43 Å². The molecule has 0 rings (SSSR count). The average molecular weight is 286 g/mol. The van der Waals surface area contributed by atoms with Crippen molar-refractivity contribution in [2.75, 3.05) is 0 Å². The van der Waals surface area contributed by atoms with Crippen molar-refractivity contribution in [3.8, 4) is 0 Å². The molecule has 0 aromatic heterocycles. The summed E-state index contributed by atoms with van der Waals surface area (Å²) in [4.78, 5) is 0. The number of rotatable bonds is 8. The van der Waals surface area contributed by atoms with Crippen LogP contribution in [0.3, 0.4) is 0 Å². The van der Waals surface area contributed by atoms with Crippen LogP contribution in [0, 0.1) is 23.7 Å². The Balaban J connectivity index is -0.000000256. The molecule has 0 atom stereocenters. The molecular weight excluding hydrogens is 246 g/mol. The highest BCUT2D eigenvalue weighted by Crippen LogP contribution is 2.06. The molecule has 0 unspecified atom stereocenters. The lowest BCUT2D eigenvalue weighted by Crippen LogP contribution is -1.99. The van der Waals surface area contributed by atoms with Gasteiger partial charge in [-0.3, -0.25) is 0 Å². The molecule has 0 aliphatic heterocycles. The Morgan fingerprint density at radius 1 is 0.500 bits per heavy atom. The van der Waals surface area contributed by atoms with Gasteiger partial charge in [0.05, 0.1) is 0 Å². The number of hydrogen-bond donors (Lipinski definition) is 0. The Morgan fingerprint density at radius 2 is 0.667 bits per heavy atom. The lowest BCUT2D eigenvalue weighted by molar-refractivity contribution is 0.700. The van der Waals surface area contributed by atoms with E-state index >= 15 is 0 Å². The summed E-state index contributed by atoms with van der Waals surface area (Å²) in [6, 6.07) is 0. The van der Waals surface area contributed by atoms with E-state index in [9.17, 15) is 0 Å². The summed E-state index contributed by atoms with van der Waals surface area (Å²) in [5.41, 5.74) is 0. The predicted octanol–water partition coefficient (Wildman–Crippen LogP) is 5.39. The van der Waals surface area contributed by atoms with Crippen molar-refractivity contribution in [3.05, 3.63) is 0 Å². The summed E-state index contributed by atoms with van der Waals surface area (Å²) in [5, 5.41) is 6.16. The summed E-state index contributed by atoms with van der Waals surface area (Å²) in [5.74, 6) is 3.82. The smallest absolute Gasteiger partial charge is 0.0950 e. The lowest BCUT2D eigenvalue weighted by Gasteiger charge is -2.03. The third-order valence-corrected chi connectivity index (χ3v) is 9.38. The molecule has 110 valence electrons. The van der Waals surface area contributed by atoms with E-state index in [2.05, 4.69) is 55.4 Å². The molecule has 0 bridgehead atoms. The van der Waals surface area contributed by atoms with Crippen LogP contribution < -0.4 is 0 Å². The van der Waals surface area contributed by atoms with E-state index < -0.39 is 0 Å². The molecule has 0 saturated carbocycles. The fourth-order valence-corrected chi connectivity index (χ4v) is 5.61. The lowest BCUT2D eigenvalue weighted by atomic mass is 10.3. The minimum absolute atomic E-state index is 0. The standard InChI is InChI=1S/4C4H9.2Al.H2.2H/c4*1-4(2)3;;;;;/h4*4H,1H2,2-3H3;;;1H;;. The van der Waals surface area contributed by atoms with E-state index in [1.165, 1.54) is 21.1 Å². The molecule has 0 spiro atoms. The van der Waals surface area contributed by atoms with Crippen LogP contribution >= 0.6 is 0 Å². The second-order valence-corrected chi connectivity index (χ2v) is 11.2. The third-order valence-electron chi connectivity index (χ3n) is 3.13. The fraction of sp³-hybridized carbons (Fsp3) is 1.00. The van der Waals surface area contributed by atoms with E-state index in [4.69, 9.17) is 0 Å². The van der Waals surface area contributed by atoms with Crippen LogP contribution in [0.15, 0.2) is 0 Å². The molecule has 0 amide bonds. The van der Waals surface area contributed by atoms with Crippen molar-refractivity contribution in [1.29, 1.82) is 0 Å². The summed E-state index contributed by atoms with van der Waals surface area (Å²) in [6.07, 6.45) is 0. The highest BCUT2D eigenvalue weighted by molar-refractivity contribution is 6.35. The van der Waals surface area contributed by atoms with Crippen molar-refractivity contribution in [3.63, 3.8) is 0 Å². The van der Waals surface area contributed by atoms with Gasteiger partial charge in [-0.05, 0) is 0 Å². The van der Waals surface area contributed by atoms with Crippen molar-refractivity contribution >= 4 is 30.4 Å². The summed E-state index contributed by atoms with van der Waals surface area (Å²) >= 11 is 0.633. The second-order valence-electron chi connectivity index (χ2n) is 7.44. The molecular formula is C16H40Al2. The van der Waals surface area contributed by atoms with Crippen LogP contribution in [0.2, 0.25) is 21.1 Å². The molecule has 0 aliphatic carbocycles. The van der Waals surface area contributed by atoms with Gasteiger partial charge < -0.3 is 0 Å². The van der Waals surface area contributed by atoms with Crippen LogP contribution in [-0.2, 0) is 0 Å². The van der Waals surface area contributed by atoms with Gasteiger partial charge in [0.25, 0.3) is 0 Å². The van der Waals surface area contributed by atoms with E-state index in [1.807, 2.05) is 0 Å². The van der Waals surface area contributed by atoms with Gasteiger partial charge in [0.15, 0.2) is 0 Å². The predicted molar refractivity (Wildman–Crippen MR) is 95.0 cm³/mol. The molecule has 2 heteroatoms. The van der Waals surface area contributed by atoms with Crippen LogP contribution in [0.25, 0.3) is 0 Å². The quantitative estimate of drug-likeness (QED) is 0.525. The maximum absolute atomic E-state index is 2.33. The molecule has 0 saturated heterocycles. The first-order chi connectivity index (χ1) is 8.25. The Morgan fingerprint density at radius 3 is 0.778 bits per heavy atom. The molecule has 0 nitrogen and oxygen atoms in total. The van der Waals surface area contributed by atoms with Crippen LogP contribution in [0.5, 0.6) is 0 Å². The first kappa shape index (κ1) is 21.4. The molecule has 0 aliphatic rings. The Hall–Kier alpha value is 1.06. The first-order valence-electron chi connectivity index (χ1n) is 8.25.